The van der Waals surface area contributed by atoms with Gasteiger partial charge >= 0.3 is 0 Å². The van der Waals surface area contributed by atoms with Gasteiger partial charge in [-0.3, -0.25) is 0 Å². The van der Waals surface area contributed by atoms with Gasteiger partial charge in [0.15, 0.2) is 0 Å². The quantitative estimate of drug-likeness (QED) is 0.553. The van der Waals surface area contributed by atoms with E-state index in [2.05, 4.69) is 4.90 Å². The normalized spacial score (nSPS) is 28.7. The van der Waals surface area contributed by atoms with Gasteiger partial charge in [-0.2, -0.15) is 0 Å². The molecule has 0 unspecified atom stereocenters. The summed E-state index contributed by atoms with van der Waals surface area (Å²) in [4.78, 5) is 13.0. The Kier molecular flexibility index (Phi) is 1.95. The monoisotopic (exact) mass is 153 g/mol. The Bertz CT molecular complexity index is 146. The van der Waals surface area contributed by atoms with Gasteiger partial charge in [-0.1, -0.05) is 0 Å². The number of likely N-dealkylation sites (tertiary alicyclic amines) is 1. The molecule has 0 spiro atoms. The van der Waals surface area contributed by atoms with Gasteiger partial charge in [0.05, 0.1) is 0 Å². The van der Waals surface area contributed by atoms with Crippen LogP contribution in [0.4, 0.5) is 0 Å². The van der Waals surface area contributed by atoms with Crippen molar-refractivity contribution in [1.29, 1.82) is 0 Å². The average Bonchev–Trinajstić information content (AvgIpc) is 2.87. The zero-order valence-corrected chi connectivity index (χ0v) is 6.83. The molecule has 62 valence electrons. The van der Waals surface area contributed by atoms with Gasteiger partial charge in [0.25, 0.3) is 0 Å². The third-order valence-electron chi connectivity index (χ3n) is 2.83. The number of nitrogens with zero attached hydrogens (tertiary/aromatic N) is 1. The predicted molar refractivity (Wildman–Crippen MR) is 43.4 cm³/mol. The molecule has 2 heteroatoms. The van der Waals surface area contributed by atoms with Crippen LogP contribution in [0.15, 0.2) is 0 Å². The van der Waals surface area contributed by atoms with Gasteiger partial charge in [0.2, 0.25) is 0 Å². The van der Waals surface area contributed by atoms with Crippen molar-refractivity contribution in [3.63, 3.8) is 0 Å². The first-order valence-electron chi connectivity index (χ1n) is 4.59. The van der Waals surface area contributed by atoms with Crippen LogP contribution < -0.4 is 0 Å². The van der Waals surface area contributed by atoms with Crippen molar-refractivity contribution in [3.8, 4) is 0 Å². The van der Waals surface area contributed by atoms with E-state index in [9.17, 15) is 4.79 Å². The lowest BCUT2D eigenvalue weighted by Crippen LogP contribution is -2.35. The van der Waals surface area contributed by atoms with Gasteiger partial charge in [-0.15, -0.1) is 0 Å². The molecule has 1 saturated heterocycles. The molecule has 2 fully saturated rings. The first-order valence-corrected chi connectivity index (χ1v) is 4.59. The van der Waals surface area contributed by atoms with Crippen LogP contribution >= 0.6 is 0 Å². The Morgan fingerprint density at radius 2 is 1.73 bits per heavy atom. The van der Waals surface area contributed by atoms with Crippen LogP contribution in [-0.4, -0.2) is 30.3 Å². The summed E-state index contributed by atoms with van der Waals surface area (Å²) >= 11 is 0. The number of rotatable bonds is 2. The molecule has 0 atom stereocenters. The third kappa shape index (κ3) is 1.62. The lowest BCUT2D eigenvalue weighted by atomic mass is 9.99. The highest BCUT2D eigenvalue weighted by Gasteiger charge is 2.31. The van der Waals surface area contributed by atoms with E-state index >= 15 is 0 Å². The van der Waals surface area contributed by atoms with E-state index in [4.69, 9.17) is 0 Å². The van der Waals surface area contributed by atoms with Crippen LogP contribution in [-0.2, 0) is 4.79 Å². The summed E-state index contributed by atoms with van der Waals surface area (Å²) in [7, 11) is 0. The minimum absolute atomic E-state index is 0.366. The van der Waals surface area contributed by atoms with Crippen LogP contribution in [0.2, 0.25) is 0 Å². The maximum absolute atomic E-state index is 10.4. The number of carbonyl (C=O) groups is 1. The Morgan fingerprint density at radius 1 is 1.09 bits per heavy atom. The molecule has 2 aliphatic rings. The molecule has 0 amide bonds. The number of piperidine rings is 1. The second kappa shape index (κ2) is 2.94. The molecule has 0 radical (unpaired) electrons. The van der Waals surface area contributed by atoms with Gasteiger partial charge in [0, 0.05) is 12.0 Å². The zero-order chi connectivity index (χ0) is 7.68. The van der Waals surface area contributed by atoms with Gasteiger partial charge in [0.1, 0.15) is 6.29 Å². The van der Waals surface area contributed by atoms with Gasteiger partial charge in [-0.05, 0) is 38.8 Å². The molecule has 0 aromatic carbocycles. The number of hydrogen-bond donors (Lipinski definition) is 0. The fourth-order valence-corrected chi connectivity index (χ4v) is 1.86. The first-order chi connectivity index (χ1) is 5.40. The van der Waals surface area contributed by atoms with Crippen molar-refractivity contribution in [2.75, 3.05) is 13.1 Å². The molecule has 11 heavy (non-hydrogen) atoms. The van der Waals surface area contributed by atoms with E-state index in [-0.39, 0.29) is 0 Å². The van der Waals surface area contributed by atoms with Crippen molar-refractivity contribution < 1.29 is 4.79 Å². The van der Waals surface area contributed by atoms with Crippen LogP contribution in [0.3, 0.4) is 0 Å². The molecule has 2 rings (SSSR count). The number of carbonyl (C=O) groups excluding carboxylic acids is 1. The Morgan fingerprint density at radius 3 is 2.18 bits per heavy atom. The molecule has 1 heterocycles. The molecule has 0 N–H and O–H groups in total. The number of aldehydes is 1. The summed E-state index contributed by atoms with van der Waals surface area (Å²) in [5.74, 6) is 0.366. The summed E-state index contributed by atoms with van der Waals surface area (Å²) in [5, 5.41) is 0. The highest BCUT2D eigenvalue weighted by atomic mass is 16.1. The molecular weight excluding hydrogens is 138 g/mol. The molecular formula is C9H15NO. The van der Waals surface area contributed by atoms with E-state index < -0.39 is 0 Å². The highest BCUT2D eigenvalue weighted by Crippen LogP contribution is 2.30. The first kappa shape index (κ1) is 7.29. The maximum atomic E-state index is 10.4. The second-order valence-electron chi connectivity index (χ2n) is 3.74. The van der Waals surface area contributed by atoms with Crippen LogP contribution in [0.1, 0.15) is 25.7 Å². The molecule has 2 nitrogen and oxygen atoms in total. The minimum Gasteiger partial charge on any atom is -0.303 e. The zero-order valence-electron chi connectivity index (χ0n) is 6.83. The highest BCUT2D eigenvalue weighted by molar-refractivity contribution is 5.53. The summed E-state index contributed by atoms with van der Waals surface area (Å²) in [6.45, 7) is 2.32. The average molecular weight is 153 g/mol. The van der Waals surface area contributed by atoms with E-state index in [0.29, 0.717) is 5.92 Å². The topological polar surface area (TPSA) is 20.3 Å². The minimum atomic E-state index is 0.366. The Hall–Kier alpha value is -0.370. The SMILES string of the molecule is O=CC1CCN(C2CC2)CC1. The van der Waals surface area contributed by atoms with E-state index in [1.807, 2.05) is 0 Å². The molecule has 1 aliphatic heterocycles. The second-order valence-corrected chi connectivity index (χ2v) is 3.74. The summed E-state index contributed by atoms with van der Waals surface area (Å²) in [5.41, 5.74) is 0. The predicted octanol–water partition coefficient (Wildman–Crippen LogP) is 1.06. The number of hydrogen-bond acceptors (Lipinski definition) is 2. The van der Waals surface area contributed by atoms with Crippen LogP contribution in [0.5, 0.6) is 0 Å². The van der Waals surface area contributed by atoms with E-state index in [1.54, 1.807) is 0 Å². The van der Waals surface area contributed by atoms with Crippen molar-refractivity contribution in [2.45, 2.75) is 31.7 Å². The van der Waals surface area contributed by atoms with E-state index in [1.165, 1.54) is 12.8 Å². The van der Waals surface area contributed by atoms with Crippen molar-refractivity contribution in [3.05, 3.63) is 0 Å². The third-order valence-corrected chi connectivity index (χ3v) is 2.83. The lowest BCUT2D eigenvalue weighted by molar-refractivity contribution is -0.112. The summed E-state index contributed by atoms with van der Waals surface area (Å²) < 4.78 is 0. The standard InChI is InChI=1S/C9H15NO/c11-7-8-3-5-10(6-4-8)9-1-2-9/h7-9H,1-6H2. The molecule has 1 saturated carbocycles. The van der Waals surface area contributed by atoms with Gasteiger partial charge in [-0.25, -0.2) is 0 Å². The molecule has 0 aromatic heterocycles. The largest absolute Gasteiger partial charge is 0.303 e. The van der Waals surface area contributed by atoms with E-state index in [0.717, 1.165) is 38.3 Å². The smallest absolute Gasteiger partial charge is 0.123 e. The Balaban J connectivity index is 1.79. The summed E-state index contributed by atoms with van der Waals surface area (Å²) in [6, 6.07) is 0.891. The molecule has 0 aromatic rings. The van der Waals surface area contributed by atoms with Crippen LogP contribution in [0.25, 0.3) is 0 Å². The van der Waals surface area contributed by atoms with Gasteiger partial charge < -0.3 is 9.69 Å². The Labute approximate surface area is 67.6 Å². The van der Waals surface area contributed by atoms with Crippen molar-refractivity contribution in [2.24, 2.45) is 5.92 Å². The fraction of sp³-hybridized carbons (Fsp3) is 0.889. The lowest BCUT2D eigenvalue weighted by Gasteiger charge is -2.29. The van der Waals surface area contributed by atoms with Crippen LogP contribution in [0, 0.1) is 5.92 Å². The molecule has 0 bridgehead atoms. The molecule has 1 aliphatic carbocycles. The van der Waals surface area contributed by atoms with Crippen molar-refractivity contribution >= 4 is 6.29 Å². The summed E-state index contributed by atoms with van der Waals surface area (Å²) in [6.07, 6.45) is 6.11. The van der Waals surface area contributed by atoms with Crippen molar-refractivity contribution in [1.82, 2.24) is 4.90 Å². The maximum Gasteiger partial charge on any atom is 0.123 e. The fourth-order valence-electron chi connectivity index (χ4n) is 1.86.